The number of hydrogen-bond acceptors (Lipinski definition) is 3. The Bertz CT molecular complexity index is 508. The Morgan fingerprint density at radius 2 is 1.90 bits per heavy atom. The number of rotatable bonds is 5. The van der Waals surface area contributed by atoms with Crippen molar-refractivity contribution in [2.24, 2.45) is 5.92 Å². The van der Waals surface area contributed by atoms with Crippen LogP contribution in [0.2, 0.25) is 0 Å². The molecule has 1 aliphatic rings. The van der Waals surface area contributed by atoms with E-state index in [0.717, 1.165) is 42.7 Å². The molecule has 0 saturated heterocycles. The van der Waals surface area contributed by atoms with Crippen LogP contribution in [0.5, 0.6) is 11.5 Å². The van der Waals surface area contributed by atoms with Crippen molar-refractivity contribution in [2.45, 2.75) is 39.0 Å². The third kappa shape index (κ3) is 2.74. The summed E-state index contributed by atoms with van der Waals surface area (Å²) in [7, 11) is 3.33. The molecule has 1 unspecified atom stereocenters. The molecule has 0 amide bonds. The number of methoxy groups -OCH3 is 2. The first-order valence-corrected chi connectivity index (χ1v) is 7.06. The summed E-state index contributed by atoms with van der Waals surface area (Å²) in [5.74, 6) is 0.501. The quantitative estimate of drug-likeness (QED) is 0.899. The topological polar surface area (TPSA) is 55.8 Å². The highest BCUT2D eigenvalue weighted by molar-refractivity contribution is 5.70. The maximum atomic E-state index is 11.1. The van der Waals surface area contributed by atoms with Gasteiger partial charge in [0.15, 0.2) is 0 Å². The van der Waals surface area contributed by atoms with E-state index in [1.165, 1.54) is 11.1 Å². The largest absolute Gasteiger partial charge is 0.496 e. The van der Waals surface area contributed by atoms with Crippen molar-refractivity contribution in [3.8, 4) is 11.5 Å². The van der Waals surface area contributed by atoms with E-state index in [0.29, 0.717) is 6.42 Å². The van der Waals surface area contributed by atoms with Crippen LogP contribution in [0, 0.1) is 5.92 Å². The standard InChI is InChI=1S/C16H22O4/c1-10(16(17)18)8-11-9-14(19-2)12-6-4-5-7-13(12)15(11)20-3/h9-10H,4-8H2,1-3H3,(H,17,18). The average molecular weight is 278 g/mol. The van der Waals surface area contributed by atoms with Gasteiger partial charge < -0.3 is 14.6 Å². The first-order chi connectivity index (χ1) is 9.58. The number of carboxylic acid groups (broad SMARTS) is 1. The Kier molecular flexibility index (Phi) is 4.53. The van der Waals surface area contributed by atoms with Gasteiger partial charge in [-0.15, -0.1) is 0 Å². The molecule has 0 heterocycles. The third-order valence-electron chi connectivity index (χ3n) is 4.01. The lowest BCUT2D eigenvalue weighted by Gasteiger charge is -2.24. The molecule has 0 saturated carbocycles. The Labute approximate surface area is 119 Å². The number of aliphatic carboxylic acids is 1. The van der Waals surface area contributed by atoms with Crippen molar-refractivity contribution in [3.63, 3.8) is 0 Å². The van der Waals surface area contributed by atoms with Crippen LogP contribution in [0.15, 0.2) is 6.07 Å². The molecule has 1 aliphatic carbocycles. The Balaban J connectivity index is 2.47. The fourth-order valence-electron chi connectivity index (χ4n) is 2.94. The van der Waals surface area contributed by atoms with E-state index < -0.39 is 11.9 Å². The molecule has 110 valence electrons. The zero-order valence-electron chi connectivity index (χ0n) is 12.4. The molecule has 4 nitrogen and oxygen atoms in total. The molecule has 1 aromatic rings. The van der Waals surface area contributed by atoms with E-state index in [1.54, 1.807) is 21.1 Å². The summed E-state index contributed by atoms with van der Waals surface area (Å²) in [6.45, 7) is 1.72. The number of carbonyl (C=O) groups is 1. The molecule has 1 N–H and O–H groups in total. The zero-order valence-corrected chi connectivity index (χ0v) is 12.4. The SMILES string of the molecule is COc1cc(CC(C)C(=O)O)c(OC)c2c1CCCC2. The Hall–Kier alpha value is -1.71. The number of hydrogen-bond donors (Lipinski definition) is 1. The van der Waals surface area contributed by atoms with Crippen LogP contribution in [0.25, 0.3) is 0 Å². The molecular formula is C16H22O4. The van der Waals surface area contributed by atoms with Crippen LogP contribution in [-0.4, -0.2) is 25.3 Å². The van der Waals surface area contributed by atoms with Gasteiger partial charge in [0.1, 0.15) is 11.5 Å². The molecule has 0 fully saturated rings. The fourth-order valence-corrected chi connectivity index (χ4v) is 2.94. The van der Waals surface area contributed by atoms with Crippen LogP contribution in [-0.2, 0) is 24.1 Å². The predicted octanol–water partition coefficient (Wildman–Crippen LogP) is 2.85. The molecule has 0 aromatic heterocycles. The van der Waals surface area contributed by atoms with Crippen LogP contribution in [0.3, 0.4) is 0 Å². The van der Waals surface area contributed by atoms with E-state index in [-0.39, 0.29) is 0 Å². The normalized spacial score (nSPS) is 15.3. The summed E-state index contributed by atoms with van der Waals surface area (Å²) >= 11 is 0. The van der Waals surface area contributed by atoms with E-state index in [1.807, 2.05) is 6.07 Å². The van der Waals surface area contributed by atoms with Gasteiger partial charge in [0.2, 0.25) is 0 Å². The van der Waals surface area contributed by atoms with Crippen molar-refractivity contribution < 1.29 is 19.4 Å². The minimum atomic E-state index is -0.788. The maximum absolute atomic E-state index is 11.1. The van der Waals surface area contributed by atoms with Gasteiger partial charge in [0.05, 0.1) is 20.1 Å². The number of carboxylic acids is 1. The smallest absolute Gasteiger partial charge is 0.306 e. The fraction of sp³-hybridized carbons (Fsp3) is 0.562. The monoisotopic (exact) mass is 278 g/mol. The number of ether oxygens (including phenoxy) is 2. The van der Waals surface area contributed by atoms with Gasteiger partial charge in [-0.3, -0.25) is 4.79 Å². The lowest BCUT2D eigenvalue weighted by Crippen LogP contribution is -2.15. The lowest BCUT2D eigenvalue weighted by molar-refractivity contribution is -0.141. The van der Waals surface area contributed by atoms with Gasteiger partial charge in [0.25, 0.3) is 0 Å². The second-order valence-electron chi connectivity index (χ2n) is 5.38. The number of benzene rings is 1. The summed E-state index contributed by atoms with van der Waals surface area (Å²) in [6.07, 6.45) is 4.75. The van der Waals surface area contributed by atoms with Gasteiger partial charge in [-0.2, -0.15) is 0 Å². The molecule has 1 atom stereocenters. The average Bonchev–Trinajstić information content (AvgIpc) is 2.46. The Morgan fingerprint density at radius 1 is 1.25 bits per heavy atom. The summed E-state index contributed by atoms with van der Waals surface area (Å²) in [5.41, 5.74) is 3.35. The van der Waals surface area contributed by atoms with Crippen LogP contribution >= 0.6 is 0 Å². The van der Waals surface area contributed by atoms with Gasteiger partial charge >= 0.3 is 5.97 Å². The molecular weight excluding hydrogens is 256 g/mol. The molecule has 0 aliphatic heterocycles. The van der Waals surface area contributed by atoms with Crippen molar-refractivity contribution in [2.75, 3.05) is 14.2 Å². The third-order valence-corrected chi connectivity index (χ3v) is 4.01. The summed E-state index contributed by atoms with van der Waals surface area (Å²) < 4.78 is 11.1. The van der Waals surface area contributed by atoms with Gasteiger partial charge in [-0.1, -0.05) is 6.92 Å². The van der Waals surface area contributed by atoms with E-state index in [2.05, 4.69) is 0 Å². The van der Waals surface area contributed by atoms with Gasteiger partial charge in [-0.05, 0) is 43.7 Å². The summed E-state index contributed by atoms with van der Waals surface area (Å²) in [5, 5.41) is 9.10. The zero-order chi connectivity index (χ0) is 14.7. The second-order valence-corrected chi connectivity index (χ2v) is 5.38. The minimum Gasteiger partial charge on any atom is -0.496 e. The highest BCUT2D eigenvalue weighted by Gasteiger charge is 2.23. The van der Waals surface area contributed by atoms with Gasteiger partial charge in [0, 0.05) is 11.1 Å². The summed E-state index contributed by atoms with van der Waals surface area (Å²) in [4.78, 5) is 11.1. The van der Waals surface area contributed by atoms with E-state index in [9.17, 15) is 4.79 Å². The molecule has 0 bridgehead atoms. The van der Waals surface area contributed by atoms with E-state index in [4.69, 9.17) is 14.6 Å². The van der Waals surface area contributed by atoms with E-state index >= 15 is 0 Å². The first-order valence-electron chi connectivity index (χ1n) is 7.06. The van der Waals surface area contributed by atoms with Gasteiger partial charge in [-0.25, -0.2) is 0 Å². The van der Waals surface area contributed by atoms with Crippen molar-refractivity contribution in [1.29, 1.82) is 0 Å². The summed E-state index contributed by atoms with van der Waals surface area (Å²) in [6, 6.07) is 1.95. The first kappa shape index (κ1) is 14.7. The highest BCUT2D eigenvalue weighted by atomic mass is 16.5. The predicted molar refractivity (Wildman–Crippen MR) is 76.7 cm³/mol. The molecule has 1 aromatic carbocycles. The molecule has 2 rings (SSSR count). The van der Waals surface area contributed by atoms with Crippen molar-refractivity contribution in [3.05, 3.63) is 22.8 Å². The maximum Gasteiger partial charge on any atom is 0.306 e. The van der Waals surface area contributed by atoms with Crippen molar-refractivity contribution in [1.82, 2.24) is 0 Å². The highest BCUT2D eigenvalue weighted by Crippen LogP contribution is 2.39. The molecule has 0 radical (unpaired) electrons. The Morgan fingerprint density at radius 3 is 2.45 bits per heavy atom. The van der Waals surface area contributed by atoms with Crippen LogP contribution in [0.4, 0.5) is 0 Å². The van der Waals surface area contributed by atoms with Crippen molar-refractivity contribution >= 4 is 5.97 Å². The number of fused-ring (bicyclic) bond motifs is 1. The van der Waals surface area contributed by atoms with Crippen LogP contribution < -0.4 is 9.47 Å². The minimum absolute atomic E-state index is 0.435. The molecule has 20 heavy (non-hydrogen) atoms. The molecule has 0 spiro atoms. The van der Waals surface area contributed by atoms with Crippen LogP contribution in [0.1, 0.15) is 36.5 Å². The lowest BCUT2D eigenvalue weighted by atomic mass is 9.86. The molecule has 4 heteroatoms. The second kappa shape index (κ2) is 6.16.